The van der Waals surface area contributed by atoms with Crippen LogP contribution in [0.1, 0.15) is 92.0 Å². The predicted molar refractivity (Wildman–Crippen MR) is 431 cm³/mol. The Kier molecular flexibility index (Phi) is 21.5. The third-order valence-corrected chi connectivity index (χ3v) is 25.1. The van der Waals surface area contributed by atoms with Gasteiger partial charge in [0.25, 0.3) is 71.8 Å². The van der Waals surface area contributed by atoms with E-state index in [-0.39, 0.29) is 148 Å². The number of pyridine rings is 2. The van der Waals surface area contributed by atoms with Crippen molar-refractivity contribution in [1.82, 2.24) is 39.0 Å². The molecule has 0 radical (unpaired) electrons. The second-order valence-corrected chi connectivity index (χ2v) is 36.2. The zero-order valence-corrected chi connectivity index (χ0v) is 67.5. The maximum Gasteiger partial charge on any atom is 0.298 e. The largest absolute Gasteiger partial charge is 0.355 e. The van der Waals surface area contributed by atoms with Crippen LogP contribution in [0.4, 0.5) is 57.9 Å². The highest BCUT2D eigenvalue weighted by molar-refractivity contribution is 7.87. The first kappa shape index (κ1) is 82.7. The van der Waals surface area contributed by atoms with Gasteiger partial charge in [-0.1, -0.05) is 78.9 Å². The summed E-state index contributed by atoms with van der Waals surface area (Å²) in [6, 6.07) is 31.4. The molecule has 0 bridgehead atoms. The van der Waals surface area contributed by atoms with Gasteiger partial charge >= 0.3 is 0 Å². The van der Waals surface area contributed by atoms with Crippen LogP contribution in [0.15, 0.2) is 170 Å². The van der Waals surface area contributed by atoms with Gasteiger partial charge in [0.15, 0.2) is 23.1 Å². The summed E-state index contributed by atoms with van der Waals surface area (Å²) in [6.45, 7) is 2.50. The monoisotopic (exact) mass is 1730 g/mol. The molecule has 8 aromatic carbocycles. The summed E-state index contributed by atoms with van der Waals surface area (Å²) in [4.78, 5) is 113. The molecular weight excluding hydrogens is 1670 g/mol. The molecule has 14 rings (SSSR count). The third kappa shape index (κ3) is 16.2. The Labute approximate surface area is 675 Å². The van der Waals surface area contributed by atoms with Gasteiger partial charge in [-0.2, -0.15) is 80.4 Å². The van der Waals surface area contributed by atoms with Gasteiger partial charge in [-0.05, 0) is 108 Å². The van der Waals surface area contributed by atoms with Crippen molar-refractivity contribution < 1.29 is 95.9 Å². The number of nitrogens with one attached hydrogen (secondary N) is 6. The minimum atomic E-state index is -5.04. The van der Waals surface area contributed by atoms with Crippen LogP contribution >= 0.6 is 0 Å². The number of carbonyl (C=O) groups excluding carboxylic acids is 4. The second-order valence-electron chi connectivity index (χ2n) is 26.8. The molecule has 2 aliphatic rings. The molecule has 0 aliphatic heterocycles. The van der Waals surface area contributed by atoms with Crippen LogP contribution in [0, 0.1) is 13.8 Å². The van der Waals surface area contributed by atoms with Crippen LogP contribution < -0.4 is 43.0 Å². The predicted octanol–water partition coefficient (Wildman–Crippen LogP) is 7.89. The van der Waals surface area contributed by atoms with Gasteiger partial charge in [-0.25, -0.2) is 0 Å². The summed E-state index contributed by atoms with van der Waals surface area (Å²) in [5, 5.41) is 17.5. The number of anilines is 10. The minimum Gasteiger partial charge on any atom is -0.355 e. The highest BCUT2D eigenvalue weighted by atomic mass is 32.2. The van der Waals surface area contributed by atoms with Crippen LogP contribution in [0.25, 0.3) is 44.1 Å². The highest BCUT2D eigenvalue weighted by Crippen LogP contribution is 2.48. The maximum atomic E-state index is 15.1. The van der Waals surface area contributed by atoms with Gasteiger partial charge in [-0.3, -0.25) is 55.0 Å². The zero-order chi connectivity index (χ0) is 85.7. The van der Waals surface area contributed by atoms with Gasteiger partial charge in [0.1, 0.15) is 38.7 Å². The number of fused-ring (bicyclic) bond motifs is 4. The van der Waals surface area contributed by atoms with Crippen molar-refractivity contribution in [1.29, 1.82) is 0 Å². The molecule has 0 spiro atoms. The molecule has 0 amide bonds. The van der Waals surface area contributed by atoms with E-state index < -0.39 is 161 Å². The fraction of sp³-hybridized carbons (Fsp3) is 0.147. The summed E-state index contributed by atoms with van der Waals surface area (Å²) in [7, 11) is -23.6. The van der Waals surface area contributed by atoms with Crippen LogP contribution in [-0.4, -0.2) is 154 Å². The molecule has 12 aromatic rings. The number of carbonyl (C=O) groups is 4. The van der Waals surface area contributed by atoms with E-state index in [9.17, 15) is 83.3 Å². The van der Waals surface area contributed by atoms with Crippen molar-refractivity contribution in [2.45, 2.75) is 45.8 Å². The Balaban J connectivity index is 0.788. The topological polar surface area (TPSA) is 555 Å². The number of ketones is 4. The van der Waals surface area contributed by atoms with Gasteiger partial charge in [0, 0.05) is 69.6 Å². The normalized spacial score (nSPS) is 12.8. The summed E-state index contributed by atoms with van der Waals surface area (Å²) < 4.78 is 204. The first-order chi connectivity index (χ1) is 56.1. The summed E-state index contributed by atoms with van der Waals surface area (Å²) in [5.41, 5.74) is -5.35. The second kappa shape index (κ2) is 30.9. The lowest BCUT2D eigenvalue weighted by atomic mass is 9.80. The molecule has 0 unspecified atom stereocenters. The van der Waals surface area contributed by atoms with E-state index in [0.29, 0.717) is 0 Å². The Morgan fingerprint density at radius 3 is 1.22 bits per heavy atom. The van der Waals surface area contributed by atoms with Gasteiger partial charge in [0.2, 0.25) is 23.8 Å². The number of nitrogens with zero attached hydrogens (tertiary/aromatic N) is 8. The molecule has 4 heterocycles. The highest BCUT2D eigenvalue weighted by Gasteiger charge is 2.38. The minimum absolute atomic E-state index is 0.000300. The Morgan fingerprint density at radius 2 is 0.782 bits per heavy atom. The average Bonchev–Trinajstić information content (AvgIpc) is 0.709. The van der Waals surface area contributed by atoms with Crippen molar-refractivity contribution in [3.8, 4) is 22.3 Å². The van der Waals surface area contributed by atoms with Crippen LogP contribution in [0.3, 0.4) is 0 Å². The third-order valence-electron chi connectivity index (χ3n) is 19.1. The van der Waals surface area contributed by atoms with Gasteiger partial charge in [-0.15, -0.1) is 0 Å². The zero-order valence-electron chi connectivity index (χ0n) is 62.6. The lowest BCUT2D eigenvalue weighted by molar-refractivity contribution is 0.102. The van der Waals surface area contributed by atoms with Crippen LogP contribution in [-0.2, 0) is 105 Å². The number of aryl methyl sites for hydroxylation is 4. The molecule has 44 heteroatoms. The van der Waals surface area contributed by atoms with Crippen molar-refractivity contribution >= 4 is 164 Å². The quantitative estimate of drug-likeness (QED) is 0.00973. The molecule has 0 atom stereocenters. The SMILES string of the molecule is COS(=O)(=O)c1cccc(C(=O)c2c3c4c(c(Nc5cc(Nc6nc(C)nc(NCNc7nc(C)nc(Nc8cc(Nc9ccc%10c%11c9C(=O)c9ccccc9-c%11c(C(=O)c9cccc(CS(=O)(=O)O)c9)c(=O)n%10C)c(CS(=O)(=O)O)cc8S(=O)(=O)OC)n7)n6)c(CS(=O)(=O)O)cc5S(=O)(=O)OC)ccc4n(C)c2=O)C(=O)c2ccccc2-3)c1. The Bertz CT molecular complexity index is 7370. The summed E-state index contributed by atoms with van der Waals surface area (Å²) in [6.07, 6.45) is 0. The molecular formula is C75H62N14O24S6. The Hall–Kier alpha value is -12.9. The molecule has 0 saturated heterocycles. The molecule has 612 valence electrons. The van der Waals surface area contributed by atoms with E-state index in [1.54, 1.807) is 12.1 Å². The average molecular weight is 1740 g/mol. The van der Waals surface area contributed by atoms with E-state index in [0.717, 1.165) is 60.8 Å². The number of hydrogen-bond acceptors (Lipinski definition) is 33. The van der Waals surface area contributed by atoms with Crippen molar-refractivity contribution in [2.75, 3.05) is 59.9 Å². The molecule has 2 aliphatic carbocycles. The lowest BCUT2D eigenvalue weighted by Gasteiger charge is -2.26. The van der Waals surface area contributed by atoms with Crippen LogP contribution in [0.5, 0.6) is 0 Å². The fourth-order valence-corrected chi connectivity index (χ4v) is 18.3. The van der Waals surface area contributed by atoms with E-state index in [1.165, 1.54) is 131 Å². The maximum absolute atomic E-state index is 15.1. The molecule has 38 nitrogen and oxygen atoms in total. The van der Waals surface area contributed by atoms with Gasteiger partial charge in [0.05, 0.1) is 88.9 Å². The Morgan fingerprint density at radius 1 is 0.395 bits per heavy atom. The summed E-state index contributed by atoms with van der Waals surface area (Å²) in [5.74, 6) is -7.72. The number of benzene rings is 8. The molecule has 0 saturated carbocycles. The van der Waals surface area contributed by atoms with E-state index in [2.05, 4.69) is 66.0 Å². The molecule has 0 fully saturated rings. The number of aromatic nitrogens is 8. The van der Waals surface area contributed by atoms with E-state index >= 15 is 9.59 Å². The van der Waals surface area contributed by atoms with Crippen molar-refractivity contribution in [3.63, 3.8) is 0 Å². The van der Waals surface area contributed by atoms with Crippen molar-refractivity contribution in [2.24, 2.45) is 14.1 Å². The van der Waals surface area contributed by atoms with Crippen molar-refractivity contribution in [3.05, 3.63) is 239 Å². The fourth-order valence-electron chi connectivity index (χ4n) is 14.0. The smallest absolute Gasteiger partial charge is 0.298 e. The lowest BCUT2D eigenvalue weighted by Crippen LogP contribution is -2.29. The summed E-state index contributed by atoms with van der Waals surface area (Å²) >= 11 is 0. The first-order valence-electron chi connectivity index (χ1n) is 34.6. The van der Waals surface area contributed by atoms with E-state index in [1.807, 2.05) is 0 Å². The number of rotatable bonds is 28. The first-order valence-corrected chi connectivity index (χ1v) is 43.7. The molecule has 9 N–H and O–H groups in total. The molecule has 119 heavy (non-hydrogen) atoms. The van der Waals surface area contributed by atoms with Crippen LogP contribution in [0.2, 0.25) is 0 Å². The van der Waals surface area contributed by atoms with Gasteiger partial charge < -0.3 is 41.0 Å². The standard InChI is InChI=1S/C75H62N14O24S6/c1-36-78-72(86-74(80-36)84-51-31-52(56(118(107,108)112-6)29-42(51)34-116(102,103)104)83-49-23-25-55-63-59(45-19-9-11-21-47(45)69(93)61(49)63)65(71(95)89(55)4)67(91)40-16-13-17-43(27-40)117(105,106)111-5)76-35-77-73-79-37(2)81-75(87-73)85-53-30-50(41(33-115(99,100)101)28-57(53)119(109,110)113-7)82-48-22-24-54-62-58(44-18-8-10-20-46(44)68(92)60(48)62)64(70(94)88(54)3)66(90)39-15-12-14-38(26-39)32-114(96,97)98/h8-31,82-83H,32-35H2,1-7H3,(H,96,97,98)(H,99,100,101)(H,102,103,104)(H2,76,78,80,84,86)(H2,77,79,81,85,87). The number of hydrogen-bond donors (Lipinski definition) is 9. The van der Waals surface area contributed by atoms with E-state index in [4.69, 9.17) is 8.37 Å². The molecule has 4 aromatic heterocycles.